The van der Waals surface area contributed by atoms with Crippen molar-refractivity contribution in [3.05, 3.63) is 43.8 Å². The Morgan fingerprint density at radius 1 is 1.47 bits per heavy atom. The van der Waals surface area contributed by atoms with E-state index in [2.05, 4.69) is 0 Å². The minimum Gasteiger partial charge on any atom is -0.493 e. The Kier molecular flexibility index (Phi) is 2.72. The molecule has 1 heterocycles. The Bertz CT molecular complexity index is 664. The highest BCUT2D eigenvalue weighted by Gasteiger charge is 2.24. The van der Waals surface area contributed by atoms with Crippen molar-refractivity contribution in [1.29, 1.82) is 0 Å². The predicted molar refractivity (Wildman–Crippen MR) is 60.7 cm³/mol. The van der Waals surface area contributed by atoms with Crippen LogP contribution in [0, 0.1) is 10.1 Å². The van der Waals surface area contributed by atoms with E-state index in [0.717, 1.165) is 0 Å². The summed E-state index contributed by atoms with van der Waals surface area (Å²) in [5.41, 5.74) is -1.78. The van der Waals surface area contributed by atoms with E-state index in [-0.39, 0.29) is 21.7 Å². The van der Waals surface area contributed by atoms with Crippen LogP contribution in [0.4, 0.5) is 5.69 Å². The first-order chi connectivity index (χ1) is 8.06. The number of hydrogen-bond acceptors (Lipinski definition) is 5. The van der Waals surface area contributed by atoms with Crippen LogP contribution >= 0.6 is 11.6 Å². The summed E-state index contributed by atoms with van der Waals surface area (Å²) in [6.07, 6.45) is 0. The Hall–Kier alpha value is -2.08. The van der Waals surface area contributed by atoms with E-state index in [0.29, 0.717) is 0 Å². The number of nitro groups is 1. The lowest BCUT2D eigenvalue weighted by Gasteiger charge is -2.04. The summed E-state index contributed by atoms with van der Waals surface area (Å²) in [6.45, 7) is 0. The molecule has 2 aromatic rings. The molecule has 0 saturated carbocycles. The van der Waals surface area contributed by atoms with Crippen LogP contribution in [0.15, 0.2) is 27.4 Å². The zero-order chi connectivity index (χ0) is 12.6. The van der Waals surface area contributed by atoms with Crippen molar-refractivity contribution in [2.75, 3.05) is 7.11 Å². The van der Waals surface area contributed by atoms with Crippen molar-refractivity contribution in [2.45, 2.75) is 0 Å². The monoisotopic (exact) mass is 255 g/mol. The molecular weight excluding hydrogens is 250 g/mol. The number of rotatable bonds is 2. The fourth-order valence-corrected chi connectivity index (χ4v) is 1.76. The summed E-state index contributed by atoms with van der Waals surface area (Å²) in [7, 11) is 1.39. The first-order valence-corrected chi connectivity index (χ1v) is 4.87. The Balaban J connectivity index is 2.96. The van der Waals surface area contributed by atoms with Crippen LogP contribution < -0.4 is 10.4 Å². The summed E-state index contributed by atoms with van der Waals surface area (Å²) in [5, 5.41) is 10.7. The second-order valence-electron chi connectivity index (χ2n) is 3.15. The molecule has 0 bridgehead atoms. The van der Waals surface area contributed by atoms with Crippen molar-refractivity contribution >= 4 is 28.3 Å². The summed E-state index contributed by atoms with van der Waals surface area (Å²) in [4.78, 5) is 21.2. The first kappa shape index (κ1) is 11.4. The Labute approximate surface area is 99.5 Å². The Morgan fingerprint density at radius 3 is 2.76 bits per heavy atom. The lowest BCUT2D eigenvalue weighted by atomic mass is 10.2. The molecular formula is C10H6ClNO5. The molecule has 0 aliphatic carbocycles. The third-order valence-corrected chi connectivity index (χ3v) is 2.60. The van der Waals surface area contributed by atoms with Crippen LogP contribution in [-0.2, 0) is 0 Å². The molecule has 1 aromatic carbocycles. The van der Waals surface area contributed by atoms with Crippen LogP contribution in [0.25, 0.3) is 11.0 Å². The maximum Gasteiger partial charge on any atom is 0.417 e. The standard InChI is InChI=1S/C10H6ClNO5/c1-16-6-4-2-3-5-7(11)8(12(14)15)10(13)17-9(5)6/h2-4H,1H3. The summed E-state index contributed by atoms with van der Waals surface area (Å²) < 4.78 is 9.83. The quantitative estimate of drug-likeness (QED) is 0.467. The number of methoxy groups -OCH3 is 1. The van der Waals surface area contributed by atoms with Crippen molar-refractivity contribution < 1.29 is 14.1 Å². The topological polar surface area (TPSA) is 82.6 Å². The molecule has 0 amide bonds. The fourth-order valence-electron chi connectivity index (χ4n) is 1.47. The lowest BCUT2D eigenvalue weighted by Crippen LogP contribution is -2.07. The molecule has 7 heteroatoms. The van der Waals surface area contributed by atoms with Gasteiger partial charge in [-0.05, 0) is 12.1 Å². The van der Waals surface area contributed by atoms with Crippen LogP contribution in [0.3, 0.4) is 0 Å². The largest absolute Gasteiger partial charge is 0.493 e. The predicted octanol–water partition coefficient (Wildman–Crippen LogP) is 2.36. The van der Waals surface area contributed by atoms with Gasteiger partial charge >= 0.3 is 11.3 Å². The molecule has 88 valence electrons. The molecule has 0 atom stereocenters. The molecule has 0 aliphatic heterocycles. The van der Waals surface area contributed by atoms with Gasteiger partial charge in [0, 0.05) is 5.39 Å². The smallest absolute Gasteiger partial charge is 0.417 e. The van der Waals surface area contributed by atoms with Gasteiger partial charge in [0.1, 0.15) is 5.02 Å². The number of para-hydroxylation sites is 1. The van der Waals surface area contributed by atoms with E-state index in [1.807, 2.05) is 0 Å². The number of benzene rings is 1. The normalized spacial score (nSPS) is 10.5. The van der Waals surface area contributed by atoms with Crippen LogP contribution in [0.1, 0.15) is 0 Å². The summed E-state index contributed by atoms with van der Waals surface area (Å²) >= 11 is 5.81. The Morgan fingerprint density at radius 2 is 2.18 bits per heavy atom. The molecule has 0 spiro atoms. The second kappa shape index (κ2) is 4.06. The van der Waals surface area contributed by atoms with Crippen molar-refractivity contribution in [3.63, 3.8) is 0 Å². The zero-order valence-electron chi connectivity index (χ0n) is 8.60. The third-order valence-electron chi connectivity index (χ3n) is 2.21. The van der Waals surface area contributed by atoms with Gasteiger partial charge in [0.25, 0.3) is 0 Å². The zero-order valence-corrected chi connectivity index (χ0v) is 9.35. The van der Waals surface area contributed by atoms with Gasteiger partial charge < -0.3 is 9.15 Å². The number of halogens is 1. The van der Waals surface area contributed by atoms with E-state index >= 15 is 0 Å². The number of fused-ring (bicyclic) bond motifs is 1. The highest BCUT2D eigenvalue weighted by atomic mass is 35.5. The molecule has 0 radical (unpaired) electrons. The van der Waals surface area contributed by atoms with E-state index in [9.17, 15) is 14.9 Å². The van der Waals surface area contributed by atoms with Gasteiger partial charge in [-0.25, -0.2) is 4.79 Å². The van der Waals surface area contributed by atoms with Gasteiger partial charge in [-0.1, -0.05) is 17.7 Å². The van der Waals surface area contributed by atoms with Gasteiger partial charge in [-0.15, -0.1) is 0 Å². The van der Waals surface area contributed by atoms with Gasteiger partial charge in [0.2, 0.25) is 0 Å². The summed E-state index contributed by atoms with van der Waals surface area (Å²) in [5.74, 6) is 0.288. The number of ether oxygens (including phenoxy) is 1. The molecule has 0 N–H and O–H groups in total. The molecule has 0 fully saturated rings. The summed E-state index contributed by atoms with van der Waals surface area (Å²) in [6, 6.07) is 4.67. The van der Waals surface area contributed by atoms with Gasteiger partial charge in [-0.2, -0.15) is 0 Å². The molecule has 0 unspecified atom stereocenters. The maximum atomic E-state index is 11.4. The minimum atomic E-state index is -1.10. The van der Waals surface area contributed by atoms with Gasteiger partial charge in [0.15, 0.2) is 11.3 Å². The average molecular weight is 256 g/mol. The minimum absolute atomic E-state index is 0.0931. The first-order valence-electron chi connectivity index (χ1n) is 4.50. The average Bonchev–Trinajstić information content (AvgIpc) is 2.28. The van der Waals surface area contributed by atoms with Crippen molar-refractivity contribution in [3.8, 4) is 5.75 Å². The third kappa shape index (κ3) is 1.72. The van der Waals surface area contributed by atoms with Crippen LogP contribution in [0.2, 0.25) is 5.02 Å². The van der Waals surface area contributed by atoms with Gasteiger partial charge in [0.05, 0.1) is 12.0 Å². The molecule has 1 aromatic heterocycles. The molecule has 0 saturated heterocycles. The van der Waals surface area contributed by atoms with Crippen molar-refractivity contribution in [1.82, 2.24) is 0 Å². The van der Waals surface area contributed by atoms with E-state index in [1.165, 1.54) is 13.2 Å². The van der Waals surface area contributed by atoms with E-state index in [4.69, 9.17) is 20.8 Å². The highest BCUT2D eigenvalue weighted by molar-refractivity contribution is 6.37. The number of nitrogens with zero attached hydrogens (tertiary/aromatic N) is 1. The SMILES string of the molecule is COc1cccc2c(Cl)c([N+](=O)[O-])c(=O)oc12. The lowest BCUT2D eigenvalue weighted by molar-refractivity contribution is -0.387. The van der Waals surface area contributed by atoms with Crippen LogP contribution in [-0.4, -0.2) is 12.0 Å². The molecule has 17 heavy (non-hydrogen) atoms. The van der Waals surface area contributed by atoms with E-state index in [1.54, 1.807) is 12.1 Å². The van der Waals surface area contributed by atoms with Crippen LogP contribution in [0.5, 0.6) is 5.75 Å². The fraction of sp³-hybridized carbons (Fsp3) is 0.100. The second-order valence-corrected chi connectivity index (χ2v) is 3.52. The van der Waals surface area contributed by atoms with E-state index < -0.39 is 16.2 Å². The van der Waals surface area contributed by atoms with Gasteiger partial charge in [-0.3, -0.25) is 10.1 Å². The van der Waals surface area contributed by atoms with Crippen molar-refractivity contribution in [2.24, 2.45) is 0 Å². The molecule has 0 aliphatic rings. The number of hydrogen-bond donors (Lipinski definition) is 0. The molecule has 6 nitrogen and oxygen atoms in total. The highest BCUT2D eigenvalue weighted by Crippen LogP contribution is 2.33. The molecule has 2 rings (SSSR count). The maximum absolute atomic E-state index is 11.4.